The maximum Gasteiger partial charge on any atom is 0.251 e. The van der Waals surface area contributed by atoms with Gasteiger partial charge in [0.2, 0.25) is 0 Å². The Morgan fingerprint density at radius 3 is 2.72 bits per heavy atom. The van der Waals surface area contributed by atoms with Crippen molar-refractivity contribution >= 4 is 5.91 Å². The smallest absolute Gasteiger partial charge is 0.251 e. The van der Waals surface area contributed by atoms with Crippen LogP contribution in [-0.4, -0.2) is 16.9 Å². The lowest BCUT2D eigenvalue weighted by atomic mass is 10.0. The lowest BCUT2D eigenvalue weighted by molar-refractivity contribution is 0.0937. The zero-order valence-electron chi connectivity index (χ0n) is 11.4. The predicted octanol–water partition coefficient (Wildman–Crippen LogP) is 2.09. The highest BCUT2D eigenvalue weighted by molar-refractivity contribution is 5.94. The summed E-state index contributed by atoms with van der Waals surface area (Å²) in [5, 5.41) is 3.00. The molecule has 0 aliphatic heterocycles. The van der Waals surface area contributed by atoms with Crippen LogP contribution in [0.25, 0.3) is 0 Å². The van der Waals surface area contributed by atoms with Gasteiger partial charge in [0.05, 0.1) is 5.69 Å². The van der Waals surface area contributed by atoms with Gasteiger partial charge in [-0.05, 0) is 37.8 Å². The van der Waals surface area contributed by atoms with Gasteiger partial charge in [0.15, 0.2) is 0 Å². The minimum atomic E-state index is -0.0524. The molecule has 0 spiro atoms. The molecule has 0 radical (unpaired) electrons. The lowest BCUT2D eigenvalue weighted by Gasteiger charge is -2.15. The van der Waals surface area contributed by atoms with Crippen LogP contribution in [0.3, 0.4) is 0 Å². The zero-order chi connectivity index (χ0) is 13.5. The number of hydrogen-bond acceptors (Lipinski definition) is 3. The minimum Gasteiger partial charge on any atom is -0.350 e. The van der Waals surface area contributed by atoms with Gasteiger partial charge in [-0.25, -0.2) is 0 Å². The number of pyridine rings is 1. The van der Waals surface area contributed by atoms with Crippen molar-refractivity contribution in [3.05, 3.63) is 29.6 Å². The second-order valence-electron chi connectivity index (χ2n) is 5.09. The maximum absolute atomic E-state index is 12.0. The van der Waals surface area contributed by atoms with Crippen LogP contribution in [0, 0.1) is 5.92 Å². The topological polar surface area (TPSA) is 68.0 Å². The summed E-state index contributed by atoms with van der Waals surface area (Å²) < 4.78 is 0. The Kier molecular flexibility index (Phi) is 5.78. The SMILES string of the molecule is CC(C)CCC(C)NC(=O)c1ccnc(CN)c1. The van der Waals surface area contributed by atoms with E-state index in [1.54, 1.807) is 18.3 Å². The quantitative estimate of drug-likeness (QED) is 0.811. The highest BCUT2D eigenvalue weighted by Crippen LogP contribution is 2.08. The molecule has 1 rings (SSSR count). The van der Waals surface area contributed by atoms with Crippen molar-refractivity contribution in [1.29, 1.82) is 0 Å². The molecule has 0 aromatic carbocycles. The van der Waals surface area contributed by atoms with Gasteiger partial charge in [0.25, 0.3) is 5.91 Å². The monoisotopic (exact) mass is 249 g/mol. The van der Waals surface area contributed by atoms with Crippen molar-refractivity contribution in [1.82, 2.24) is 10.3 Å². The van der Waals surface area contributed by atoms with E-state index < -0.39 is 0 Å². The van der Waals surface area contributed by atoms with Gasteiger partial charge in [-0.1, -0.05) is 13.8 Å². The Balaban J connectivity index is 2.53. The molecular weight excluding hydrogens is 226 g/mol. The molecule has 4 nitrogen and oxygen atoms in total. The van der Waals surface area contributed by atoms with E-state index in [1.807, 2.05) is 6.92 Å². The Hall–Kier alpha value is -1.42. The Labute approximate surface area is 109 Å². The fraction of sp³-hybridized carbons (Fsp3) is 0.571. The van der Waals surface area contributed by atoms with E-state index in [9.17, 15) is 4.79 Å². The highest BCUT2D eigenvalue weighted by Gasteiger charge is 2.10. The molecule has 0 aliphatic carbocycles. The van der Waals surface area contributed by atoms with E-state index in [4.69, 9.17) is 5.73 Å². The number of hydrogen-bond donors (Lipinski definition) is 2. The first-order valence-corrected chi connectivity index (χ1v) is 6.48. The summed E-state index contributed by atoms with van der Waals surface area (Å²) in [7, 11) is 0. The second-order valence-corrected chi connectivity index (χ2v) is 5.09. The molecule has 1 amide bonds. The molecule has 18 heavy (non-hydrogen) atoms. The number of nitrogens with two attached hydrogens (primary N) is 1. The summed E-state index contributed by atoms with van der Waals surface area (Å²) in [6, 6.07) is 3.64. The van der Waals surface area contributed by atoms with E-state index in [0.29, 0.717) is 18.0 Å². The molecule has 100 valence electrons. The number of amides is 1. The molecule has 0 saturated carbocycles. The Morgan fingerprint density at radius 1 is 1.39 bits per heavy atom. The summed E-state index contributed by atoms with van der Waals surface area (Å²) in [6.07, 6.45) is 3.74. The molecule has 1 aromatic rings. The summed E-state index contributed by atoms with van der Waals surface area (Å²) in [5.74, 6) is 0.609. The van der Waals surface area contributed by atoms with Gasteiger partial charge < -0.3 is 11.1 Å². The molecular formula is C14H23N3O. The summed E-state index contributed by atoms with van der Waals surface area (Å²) >= 11 is 0. The molecule has 1 unspecified atom stereocenters. The first kappa shape index (κ1) is 14.6. The molecule has 0 fully saturated rings. The van der Waals surface area contributed by atoms with Crippen molar-refractivity contribution in [3.8, 4) is 0 Å². The number of carbonyl (C=O) groups is 1. The van der Waals surface area contributed by atoms with Crippen LogP contribution >= 0.6 is 0 Å². The van der Waals surface area contributed by atoms with E-state index in [-0.39, 0.29) is 11.9 Å². The Morgan fingerprint density at radius 2 is 2.11 bits per heavy atom. The second kappa shape index (κ2) is 7.11. The van der Waals surface area contributed by atoms with Gasteiger partial charge in [0.1, 0.15) is 0 Å². The Bertz CT molecular complexity index is 390. The largest absolute Gasteiger partial charge is 0.350 e. The number of nitrogens with zero attached hydrogens (tertiary/aromatic N) is 1. The number of rotatable bonds is 6. The first-order valence-electron chi connectivity index (χ1n) is 6.48. The van der Waals surface area contributed by atoms with Gasteiger partial charge >= 0.3 is 0 Å². The van der Waals surface area contributed by atoms with Crippen LogP contribution in [0.1, 0.15) is 49.7 Å². The lowest BCUT2D eigenvalue weighted by Crippen LogP contribution is -2.32. The zero-order valence-corrected chi connectivity index (χ0v) is 11.4. The van der Waals surface area contributed by atoms with Crippen LogP contribution in [0.15, 0.2) is 18.3 Å². The van der Waals surface area contributed by atoms with E-state index in [0.717, 1.165) is 18.5 Å². The molecule has 0 saturated heterocycles. The fourth-order valence-electron chi connectivity index (χ4n) is 1.69. The molecule has 1 aromatic heterocycles. The third-order valence-electron chi connectivity index (χ3n) is 2.84. The van der Waals surface area contributed by atoms with Gasteiger partial charge in [-0.2, -0.15) is 0 Å². The minimum absolute atomic E-state index is 0.0524. The molecule has 1 heterocycles. The average Bonchev–Trinajstić information content (AvgIpc) is 2.36. The summed E-state index contributed by atoms with van der Waals surface area (Å²) in [5.41, 5.74) is 6.87. The molecule has 0 aliphatic rings. The standard InChI is InChI=1S/C14H23N3O/c1-10(2)4-5-11(3)17-14(18)12-6-7-16-13(8-12)9-15/h6-8,10-11H,4-5,9,15H2,1-3H3,(H,17,18). The fourth-order valence-corrected chi connectivity index (χ4v) is 1.69. The summed E-state index contributed by atoms with van der Waals surface area (Å²) in [4.78, 5) is 16.1. The van der Waals surface area contributed by atoms with E-state index >= 15 is 0 Å². The van der Waals surface area contributed by atoms with Crippen molar-refractivity contribution in [3.63, 3.8) is 0 Å². The third kappa shape index (κ3) is 4.84. The van der Waals surface area contributed by atoms with Crippen LogP contribution in [0.4, 0.5) is 0 Å². The average molecular weight is 249 g/mol. The predicted molar refractivity (Wildman–Crippen MR) is 73.1 cm³/mol. The number of aromatic nitrogens is 1. The van der Waals surface area contributed by atoms with Crippen molar-refractivity contribution in [2.45, 2.75) is 46.2 Å². The van der Waals surface area contributed by atoms with Gasteiger partial charge in [-0.15, -0.1) is 0 Å². The van der Waals surface area contributed by atoms with E-state index in [1.165, 1.54) is 0 Å². The highest BCUT2D eigenvalue weighted by atomic mass is 16.1. The molecule has 0 bridgehead atoms. The van der Waals surface area contributed by atoms with E-state index in [2.05, 4.69) is 24.1 Å². The van der Waals surface area contributed by atoms with Crippen LogP contribution in [0.2, 0.25) is 0 Å². The molecule has 4 heteroatoms. The number of carbonyl (C=O) groups excluding carboxylic acids is 1. The number of nitrogens with one attached hydrogen (secondary N) is 1. The van der Waals surface area contributed by atoms with Crippen LogP contribution in [0.5, 0.6) is 0 Å². The van der Waals surface area contributed by atoms with Crippen molar-refractivity contribution < 1.29 is 4.79 Å². The van der Waals surface area contributed by atoms with Crippen LogP contribution in [-0.2, 0) is 6.54 Å². The maximum atomic E-state index is 12.0. The third-order valence-corrected chi connectivity index (χ3v) is 2.84. The van der Waals surface area contributed by atoms with Crippen molar-refractivity contribution in [2.75, 3.05) is 0 Å². The van der Waals surface area contributed by atoms with Crippen molar-refractivity contribution in [2.24, 2.45) is 11.7 Å². The summed E-state index contributed by atoms with van der Waals surface area (Å²) in [6.45, 7) is 6.76. The van der Waals surface area contributed by atoms with Gasteiger partial charge in [0, 0.05) is 24.3 Å². The molecule has 1 atom stereocenters. The van der Waals surface area contributed by atoms with Crippen LogP contribution < -0.4 is 11.1 Å². The normalized spacial score (nSPS) is 12.5. The van der Waals surface area contributed by atoms with Gasteiger partial charge in [-0.3, -0.25) is 9.78 Å². The first-order chi connectivity index (χ1) is 8.52. The molecule has 3 N–H and O–H groups in total.